The lowest BCUT2D eigenvalue weighted by molar-refractivity contribution is 0.329. The average Bonchev–Trinajstić information content (AvgIpc) is 2.69. The predicted octanol–water partition coefficient (Wildman–Crippen LogP) is 2.25. The zero-order valence-electron chi connectivity index (χ0n) is 9.73. The molecule has 0 saturated carbocycles. The summed E-state index contributed by atoms with van der Waals surface area (Å²) in [7, 11) is 0. The molecular weight excluding hydrogens is 172 g/mol. The quantitative estimate of drug-likeness (QED) is 0.602. The Kier molecular flexibility index (Phi) is 7.06. The second kappa shape index (κ2) is 8.25. The fourth-order valence-corrected chi connectivity index (χ4v) is 2.02. The summed E-state index contributed by atoms with van der Waals surface area (Å²) in [6.45, 7) is 8.70. The summed E-state index contributed by atoms with van der Waals surface area (Å²) in [5.41, 5.74) is 0. The van der Waals surface area contributed by atoms with Crippen LogP contribution in [0.1, 0.15) is 45.4 Å². The summed E-state index contributed by atoms with van der Waals surface area (Å²) in [4.78, 5) is 2.60. The Bertz CT molecular complexity index is 119. The summed E-state index contributed by atoms with van der Waals surface area (Å²) in [5.74, 6) is 0. The molecule has 0 unspecified atom stereocenters. The number of unbranched alkanes of at least 4 members (excludes halogenated alkanes) is 2. The predicted molar refractivity (Wildman–Crippen MR) is 62.7 cm³/mol. The first-order valence-electron chi connectivity index (χ1n) is 6.36. The Balaban J connectivity index is 1.75. The van der Waals surface area contributed by atoms with E-state index in [-0.39, 0.29) is 0 Å². The molecule has 0 bridgehead atoms. The molecule has 84 valence electrons. The van der Waals surface area contributed by atoms with E-state index in [0.717, 1.165) is 0 Å². The van der Waals surface area contributed by atoms with Crippen molar-refractivity contribution < 1.29 is 0 Å². The zero-order chi connectivity index (χ0) is 10.1. The van der Waals surface area contributed by atoms with Crippen molar-refractivity contribution in [2.45, 2.75) is 45.4 Å². The summed E-state index contributed by atoms with van der Waals surface area (Å²) < 4.78 is 0. The molecule has 1 aliphatic heterocycles. The first-order valence-corrected chi connectivity index (χ1v) is 6.36. The molecule has 1 N–H and O–H groups in total. The van der Waals surface area contributed by atoms with Crippen molar-refractivity contribution in [2.75, 3.05) is 32.7 Å². The number of likely N-dealkylation sites (tertiary alicyclic amines) is 1. The fourth-order valence-electron chi connectivity index (χ4n) is 2.02. The third kappa shape index (κ3) is 5.61. The molecule has 0 spiro atoms. The molecule has 0 atom stereocenters. The van der Waals surface area contributed by atoms with Gasteiger partial charge in [0.05, 0.1) is 0 Å². The van der Waals surface area contributed by atoms with Crippen LogP contribution in [-0.4, -0.2) is 37.6 Å². The van der Waals surface area contributed by atoms with Gasteiger partial charge in [0.25, 0.3) is 0 Å². The smallest absolute Gasteiger partial charge is 0.00183 e. The molecule has 1 saturated heterocycles. The van der Waals surface area contributed by atoms with E-state index in [9.17, 15) is 0 Å². The van der Waals surface area contributed by atoms with Gasteiger partial charge in [0.1, 0.15) is 0 Å². The van der Waals surface area contributed by atoms with E-state index in [1.165, 1.54) is 71.2 Å². The molecule has 0 aromatic rings. The minimum absolute atomic E-state index is 1.21. The van der Waals surface area contributed by atoms with Crippen LogP contribution in [0.5, 0.6) is 0 Å². The van der Waals surface area contributed by atoms with Crippen LogP contribution in [-0.2, 0) is 0 Å². The molecule has 1 heterocycles. The van der Waals surface area contributed by atoms with Gasteiger partial charge in [0.15, 0.2) is 0 Å². The highest BCUT2D eigenvalue weighted by molar-refractivity contribution is 4.65. The van der Waals surface area contributed by atoms with Crippen LogP contribution < -0.4 is 5.32 Å². The molecule has 2 heteroatoms. The Morgan fingerprint density at radius 2 is 1.71 bits per heavy atom. The maximum absolute atomic E-state index is 3.49. The van der Waals surface area contributed by atoms with Gasteiger partial charge in [-0.15, -0.1) is 0 Å². The lowest BCUT2D eigenvalue weighted by Crippen LogP contribution is -2.22. The van der Waals surface area contributed by atoms with Crippen molar-refractivity contribution in [2.24, 2.45) is 0 Å². The van der Waals surface area contributed by atoms with Crippen molar-refractivity contribution in [3.63, 3.8) is 0 Å². The number of nitrogens with one attached hydrogen (secondary N) is 1. The van der Waals surface area contributed by atoms with Gasteiger partial charge in [-0.05, 0) is 64.8 Å². The highest BCUT2D eigenvalue weighted by Crippen LogP contribution is 2.07. The van der Waals surface area contributed by atoms with Crippen molar-refractivity contribution in [3.8, 4) is 0 Å². The maximum Gasteiger partial charge on any atom is -0.00183 e. The van der Waals surface area contributed by atoms with Gasteiger partial charge in [-0.25, -0.2) is 0 Å². The zero-order valence-corrected chi connectivity index (χ0v) is 9.73. The molecule has 1 rings (SSSR count). The minimum atomic E-state index is 1.21. The molecule has 0 amide bonds. The van der Waals surface area contributed by atoms with Gasteiger partial charge in [0.2, 0.25) is 0 Å². The fraction of sp³-hybridized carbons (Fsp3) is 1.00. The number of hydrogen-bond acceptors (Lipinski definition) is 2. The highest BCUT2D eigenvalue weighted by atomic mass is 15.1. The van der Waals surface area contributed by atoms with E-state index < -0.39 is 0 Å². The molecule has 2 nitrogen and oxygen atoms in total. The normalized spacial score (nSPS) is 17.8. The monoisotopic (exact) mass is 198 g/mol. The van der Waals surface area contributed by atoms with Crippen molar-refractivity contribution in [1.82, 2.24) is 10.2 Å². The van der Waals surface area contributed by atoms with Gasteiger partial charge < -0.3 is 10.2 Å². The molecular formula is C12H26N2. The summed E-state index contributed by atoms with van der Waals surface area (Å²) in [6, 6.07) is 0. The topological polar surface area (TPSA) is 15.3 Å². The Hall–Kier alpha value is -0.0800. The van der Waals surface area contributed by atoms with Gasteiger partial charge in [-0.3, -0.25) is 0 Å². The second-order valence-corrected chi connectivity index (χ2v) is 4.36. The van der Waals surface area contributed by atoms with Crippen LogP contribution in [0.15, 0.2) is 0 Å². The van der Waals surface area contributed by atoms with Gasteiger partial charge in [-0.2, -0.15) is 0 Å². The third-order valence-electron chi connectivity index (χ3n) is 2.98. The average molecular weight is 198 g/mol. The van der Waals surface area contributed by atoms with E-state index in [1.807, 2.05) is 0 Å². The number of hydrogen-bond donors (Lipinski definition) is 1. The van der Waals surface area contributed by atoms with Crippen LogP contribution in [0.3, 0.4) is 0 Å². The molecule has 1 fully saturated rings. The molecule has 14 heavy (non-hydrogen) atoms. The van der Waals surface area contributed by atoms with Crippen molar-refractivity contribution >= 4 is 0 Å². The lowest BCUT2D eigenvalue weighted by Gasteiger charge is -2.13. The summed E-state index contributed by atoms with van der Waals surface area (Å²) in [6.07, 6.45) is 8.20. The Morgan fingerprint density at radius 1 is 1.00 bits per heavy atom. The van der Waals surface area contributed by atoms with Crippen LogP contribution in [0.25, 0.3) is 0 Å². The Labute approximate surface area is 89.1 Å². The van der Waals surface area contributed by atoms with Crippen LogP contribution >= 0.6 is 0 Å². The van der Waals surface area contributed by atoms with Gasteiger partial charge in [0, 0.05) is 0 Å². The molecule has 0 radical (unpaired) electrons. The molecule has 1 aliphatic rings. The first kappa shape index (κ1) is 12.0. The Morgan fingerprint density at radius 3 is 2.43 bits per heavy atom. The molecule has 0 aliphatic carbocycles. The van der Waals surface area contributed by atoms with E-state index in [1.54, 1.807) is 0 Å². The largest absolute Gasteiger partial charge is 0.317 e. The van der Waals surface area contributed by atoms with Crippen LogP contribution in [0.4, 0.5) is 0 Å². The van der Waals surface area contributed by atoms with Gasteiger partial charge in [-0.1, -0.05) is 13.3 Å². The van der Waals surface area contributed by atoms with Crippen molar-refractivity contribution in [1.29, 1.82) is 0 Å². The van der Waals surface area contributed by atoms with E-state index in [0.29, 0.717) is 0 Å². The standard InChI is InChI=1S/C12H26N2/c1-2-3-8-13-9-4-5-10-14-11-6-7-12-14/h13H,2-12H2,1H3. The highest BCUT2D eigenvalue weighted by Gasteiger charge is 2.09. The number of rotatable bonds is 8. The maximum atomic E-state index is 3.49. The summed E-state index contributed by atoms with van der Waals surface area (Å²) >= 11 is 0. The molecule has 0 aromatic carbocycles. The van der Waals surface area contributed by atoms with E-state index in [2.05, 4.69) is 17.1 Å². The molecule has 0 aromatic heterocycles. The van der Waals surface area contributed by atoms with Crippen LogP contribution in [0, 0.1) is 0 Å². The van der Waals surface area contributed by atoms with E-state index >= 15 is 0 Å². The number of nitrogens with zero attached hydrogens (tertiary/aromatic N) is 1. The first-order chi connectivity index (χ1) is 6.93. The lowest BCUT2D eigenvalue weighted by atomic mass is 10.3. The van der Waals surface area contributed by atoms with Crippen molar-refractivity contribution in [3.05, 3.63) is 0 Å². The third-order valence-corrected chi connectivity index (χ3v) is 2.98. The van der Waals surface area contributed by atoms with Crippen LogP contribution in [0.2, 0.25) is 0 Å². The van der Waals surface area contributed by atoms with Gasteiger partial charge >= 0.3 is 0 Å². The van der Waals surface area contributed by atoms with E-state index in [4.69, 9.17) is 0 Å². The second-order valence-electron chi connectivity index (χ2n) is 4.36. The summed E-state index contributed by atoms with van der Waals surface area (Å²) in [5, 5.41) is 3.49. The SMILES string of the molecule is CCCCNCCCCN1CCCC1. The minimum Gasteiger partial charge on any atom is -0.317 e.